The van der Waals surface area contributed by atoms with Gasteiger partial charge < -0.3 is 0 Å². The van der Waals surface area contributed by atoms with Crippen LogP contribution in [-0.4, -0.2) is 14.8 Å². The second kappa shape index (κ2) is 6.84. The fourth-order valence-corrected chi connectivity index (χ4v) is 3.58. The molecule has 0 aliphatic carbocycles. The van der Waals surface area contributed by atoms with Crippen molar-refractivity contribution in [1.29, 1.82) is 0 Å². The van der Waals surface area contributed by atoms with Crippen LogP contribution in [0.4, 0.5) is 0 Å². The van der Waals surface area contributed by atoms with Crippen LogP contribution in [0.2, 0.25) is 0 Å². The van der Waals surface area contributed by atoms with Gasteiger partial charge in [-0.25, -0.2) is 0 Å². The van der Waals surface area contributed by atoms with E-state index < -0.39 is 0 Å². The van der Waals surface area contributed by atoms with Gasteiger partial charge in [-0.1, -0.05) is 65.7 Å². The lowest BCUT2D eigenvalue weighted by molar-refractivity contribution is 1.07. The minimum atomic E-state index is 0.869. The summed E-state index contributed by atoms with van der Waals surface area (Å²) < 4.78 is 2.16. The largest absolute Gasteiger partial charge is 0.275 e. The molecular weight excluding hydrogens is 330 g/mol. The van der Waals surface area contributed by atoms with Crippen LogP contribution >= 0.6 is 0 Å². The predicted octanol–water partition coefficient (Wildman–Crippen LogP) is 5.83. The van der Waals surface area contributed by atoms with E-state index in [0.29, 0.717) is 0 Å². The Hall–Kier alpha value is -3.20. The zero-order valence-electron chi connectivity index (χ0n) is 16.2. The number of benzene rings is 3. The topological polar surface area (TPSA) is 30.7 Å². The molecule has 0 N–H and O–H groups in total. The van der Waals surface area contributed by atoms with Gasteiger partial charge in [-0.2, -0.15) is 0 Å². The predicted molar refractivity (Wildman–Crippen MR) is 111 cm³/mol. The number of hydrogen-bond donors (Lipinski definition) is 0. The van der Waals surface area contributed by atoms with E-state index in [1.54, 1.807) is 0 Å². The van der Waals surface area contributed by atoms with Crippen molar-refractivity contribution in [2.24, 2.45) is 0 Å². The molecule has 3 heteroatoms. The Balaban J connectivity index is 2.00. The zero-order chi connectivity index (χ0) is 19.0. The van der Waals surface area contributed by atoms with Crippen LogP contribution in [0.3, 0.4) is 0 Å². The lowest BCUT2D eigenvalue weighted by Gasteiger charge is -2.14. The van der Waals surface area contributed by atoms with Gasteiger partial charge in [0.2, 0.25) is 0 Å². The minimum absolute atomic E-state index is 0.869. The first-order valence-electron chi connectivity index (χ1n) is 9.20. The van der Waals surface area contributed by atoms with Crippen molar-refractivity contribution in [3.8, 4) is 28.5 Å². The van der Waals surface area contributed by atoms with Crippen molar-refractivity contribution in [1.82, 2.24) is 14.8 Å². The van der Waals surface area contributed by atoms with Gasteiger partial charge >= 0.3 is 0 Å². The molecule has 0 saturated carbocycles. The van der Waals surface area contributed by atoms with Crippen LogP contribution in [0.25, 0.3) is 28.5 Å². The first-order valence-corrected chi connectivity index (χ1v) is 9.20. The second-order valence-corrected chi connectivity index (χ2v) is 7.15. The van der Waals surface area contributed by atoms with E-state index in [2.05, 4.69) is 91.0 Å². The maximum atomic E-state index is 4.61. The standard InChI is InChI=1S/C24H23N3/c1-16-10-12-21(18(3)14-16)23-25-26-24(22-13-11-17(2)15-19(22)4)27(23)20-8-6-5-7-9-20/h5-15H,1-4H3. The van der Waals surface area contributed by atoms with Crippen LogP contribution < -0.4 is 0 Å². The fraction of sp³-hybridized carbons (Fsp3) is 0.167. The molecular formula is C24H23N3. The van der Waals surface area contributed by atoms with E-state index >= 15 is 0 Å². The molecule has 27 heavy (non-hydrogen) atoms. The summed E-state index contributed by atoms with van der Waals surface area (Å²) in [7, 11) is 0. The molecule has 1 heterocycles. The molecule has 0 aliphatic rings. The summed E-state index contributed by atoms with van der Waals surface area (Å²) in [6, 6.07) is 23.2. The number of hydrogen-bond acceptors (Lipinski definition) is 2. The summed E-state index contributed by atoms with van der Waals surface area (Å²) in [4.78, 5) is 0. The van der Waals surface area contributed by atoms with Crippen LogP contribution in [0.1, 0.15) is 22.3 Å². The summed E-state index contributed by atoms with van der Waals surface area (Å²) in [5.74, 6) is 1.74. The first kappa shape index (κ1) is 17.2. The quantitative estimate of drug-likeness (QED) is 0.463. The molecule has 1 aromatic heterocycles. The Morgan fingerprint density at radius 3 is 1.52 bits per heavy atom. The Labute approximate surface area is 160 Å². The third-order valence-corrected chi connectivity index (χ3v) is 4.92. The molecule has 4 rings (SSSR count). The number of aromatic nitrogens is 3. The first-order chi connectivity index (χ1) is 13.0. The Morgan fingerprint density at radius 2 is 1.07 bits per heavy atom. The molecule has 0 amide bonds. The van der Waals surface area contributed by atoms with Gasteiger partial charge in [-0.05, 0) is 51.0 Å². The summed E-state index contributed by atoms with van der Waals surface area (Å²) in [5.41, 5.74) is 8.17. The van der Waals surface area contributed by atoms with Crippen molar-refractivity contribution in [3.63, 3.8) is 0 Å². The van der Waals surface area contributed by atoms with E-state index in [9.17, 15) is 0 Å². The van der Waals surface area contributed by atoms with Crippen LogP contribution in [-0.2, 0) is 0 Å². The van der Waals surface area contributed by atoms with E-state index in [1.807, 2.05) is 18.2 Å². The van der Waals surface area contributed by atoms with Crippen molar-refractivity contribution < 1.29 is 0 Å². The minimum Gasteiger partial charge on any atom is -0.275 e. The fourth-order valence-electron chi connectivity index (χ4n) is 3.58. The normalized spacial score (nSPS) is 11.0. The van der Waals surface area contributed by atoms with Crippen molar-refractivity contribution in [2.75, 3.05) is 0 Å². The van der Waals surface area contributed by atoms with Crippen LogP contribution in [0.5, 0.6) is 0 Å². The second-order valence-electron chi connectivity index (χ2n) is 7.15. The third-order valence-electron chi connectivity index (χ3n) is 4.92. The summed E-state index contributed by atoms with van der Waals surface area (Å²) in [5, 5.41) is 9.21. The van der Waals surface area contributed by atoms with E-state index in [0.717, 1.165) is 28.5 Å². The van der Waals surface area contributed by atoms with Crippen molar-refractivity contribution in [2.45, 2.75) is 27.7 Å². The highest BCUT2D eigenvalue weighted by Crippen LogP contribution is 2.32. The van der Waals surface area contributed by atoms with Gasteiger partial charge in [0.15, 0.2) is 11.6 Å². The van der Waals surface area contributed by atoms with Gasteiger partial charge in [0.05, 0.1) is 0 Å². The number of rotatable bonds is 3. The van der Waals surface area contributed by atoms with Crippen LogP contribution in [0.15, 0.2) is 66.7 Å². The summed E-state index contributed by atoms with van der Waals surface area (Å²) >= 11 is 0. The molecule has 4 aromatic rings. The Bertz CT molecular complexity index is 1040. The van der Waals surface area contributed by atoms with Crippen molar-refractivity contribution >= 4 is 0 Å². The van der Waals surface area contributed by atoms with E-state index in [4.69, 9.17) is 0 Å². The van der Waals surface area contributed by atoms with E-state index in [-0.39, 0.29) is 0 Å². The number of para-hydroxylation sites is 1. The van der Waals surface area contributed by atoms with Gasteiger partial charge in [0, 0.05) is 16.8 Å². The molecule has 3 aromatic carbocycles. The maximum absolute atomic E-state index is 4.61. The zero-order valence-corrected chi connectivity index (χ0v) is 16.2. The van der Waals surface area contributed by atoms with Gasteiger partial charge in [-0.3, -0.25) is 4.57 Å². The number of nitrogens with zero attached hydrogens (tertiary/aromatic N) is 3. The maximum Gasteiger partial charge on any atom is 0.169 e. The highest BCUT2D eigenvalue weighted by molar-refractivity contribution is 5.70. The van der Waals surface area contributed by atoms with Gasteiger partial charge in [0.25, 0.3) is 0 Å². The lowest BCUT2D eigenvalue weighted by Crippen LogP contribution is -2.02. The highest BCUT2D eigenvalue weighted by atomic mass is 15.3. The highest BCUT2D eigenvalue weighted by Gasteiger charge is 2.19. The average molecular weight is 353 g/mol. The van der Waals surface area contributed by atoms with Crippen molar-refractivity contribution in [3.05, 3.63) is 89.0 Å². The lowest BCUT2D eigenvalue weighted by atomic mass is 10.0. The smallest absolute Gasteiger partial charge is 0.169 e. The molecule has 0 fully saturated rings. The molecule has 0 spiro atoms. The van der Waals surface area contributed by atoms with Crippen LogP contribution in [0, 0.1) is 27.7 Å². The molecule has 0 radical (unpaired) electrons. The third kappa shape index (κ3) is 3.17. The molecule has 134 valence electrons. The average Bonchev–Trinajstić information content (AvgIpc) is 3.07. The molecule has 0 unspecified atom stereocenters. The summed E-state index contributed by atoms with van der Waals surface area (Å²) in [6.07, 6.45) is 0. The summed E-state index contributed by atoms with van der Waals surface area (Å²) in [6.45, 7) is 8.48. The van der Waals surface area contributed by atoms with Gasteiger partial charge in [0.1, 0.15) is 0 Å². The molecule has 0 saturated heterocycles. The van der Waals surface area contributed by atoms with Gasteiger partial charge in [-0.15, -0.1) is 10.2 Å². The Kier molecular flexibility index (Phi) is 4.36. The molecule has 0 aliphatic heterocycles. The molecule has 0 atom stereocenters. The Morgan fingerprint density at radius 1 is 0.593 bits per heavy atom. The monoisotopic (exact) mass is 353 g/mol. The molecule has 0 bridgehead atoms. The SMILES string of the molecule is Cc1ccc(-c2nnc(-c3ccc(C)cc3C)n2-c2ccccc2)c(C)c1. The molecule has 3 nitrogen and oxygen atoms in total. The van der Waals surface area contributed by atoms with E-state index in [1.165, 1.54) is 22.3 Å². The number of aryl methyl sites for hydroxylation is 4.